The first kappa shape index (κ1) is 63.1. The molecule has 13 rings (SSSR count). The van der Waals surface area contributed by atoms with Crippen molar-refractivity contribution >= 4 is 85.6 Å². The topological polar surface area (TPSA) is 123 Å². The number of aromatic nitrogens is 1. The monoisotopic (exact) mass is 1170 g/mol. The third kappa shape index (κ3) is 16.9. The number of hydrogen-bond donors (Lipinski definition) is 4. The van der Waals surface area contributed by atoms with Gasteiger partial charge in [-0.25, -0.2) is 0 Å². The van der Waals surface area contributed by atoms with E-state index in [1.54, 1.807) is 12.4 Å². The summed E-state index contributed by atoms with van der Waals surface area (Å²) in [5, 5.41) is 13.0. The Morgan fingerprint density at radius 2 is 0.547 bits per heavy atom. The van der Waals surface area contributed by atoms with Crippen LogP contribution in [0.1, 0.15) is 45.2 Å². The first-order valence-corrected chi connectivity index (χ1v) is 30.4. The van der Waals surface area contributed by atoms with Crippen LogP contribution in [0.3, 0.4) is 0 Å². The van der Waals surface area contributed by atoms with Crippen molar-refractivity contribution < 1.29 is 17.1 Å². The zero-order valence-electron chi connectivity index (χ0n) is 49.7. The number of benzene rings is 8. The summed E-state index contributed by atoms with van der Waals surface area (Å²) < 4.78 is 0. The van der Waals surface area contributed by atoms with Crippen LogP contribution in [0.4, 0.5) is 0 Å². The Bertz CT molecular complexity index is 2920. The van der Waals surface area contributed by atoms with E-state index in [1.165, 1.54) is 43.7 Å². The van der Waals surface area contributed by atoms with E-state index in [9.17, 15) is 0 Å². The molecule has 4 aliphatic heterocycles. The van der Waals surface area contributed by atoms with Crippen LogP contribution in [0.2, 0.25) is 0 Å². The Hall–Kier alpha value is -8.89. The van der Waals surface area contributed by atoms with Crippen molar-refractivity contribution in [3.05, 3.63) is 273 Å². The molecule has 0 atom stereocenters. The van der Waals surface area contributed by atoms with Gasteiger partial charge >= 0.3 is 17.1 Å². The van der Waals surface area contributed by atoms with Gasteiger partial charge in [-0.1, -0.05) is 249 Å². The number of pyridine rings is 1. The molecule has 10 nitrogen and oxygen atoms in total. The summed E-state index contributed by atoms with van der Waals surface area (Å²) in [4.78, 5) is 25.8. The average Bonchev–Trinajstić information content (AvgIpc) is 0.941. The van der Waals surface area contributed by atoms with Gasteiger partial charge in [-0.15, -0.1) is 0 Å². The maximum atomic E-state index is 4.37. The largest absolute Gasteiger partial charge is 2.00 e. The molecule has 5 heterocycles. The fraction of sp³-hybridized carbons (Fsp3) is 0.205. The number of amidine groups is 4. The van der Waals surface area contributed by atoms with Gasteiger partial charge in [0, 0.05) is 70.8 Å². The number of nitrogens with zero attached hydrogens (tertiary/aromatic N) is 6. The molecular weight excluding hydrogens is 1090 g/mol. The first-order chi connectivity index (χ1) is 42.1. The van der Waals surface area contributed by atoms with Crippen molar-refractivity contribution in [2.24, 2.45) is 25.0 Å². The van der Waals surface area contributed by atoms with E-state index in [0.717, 1.165) is 107 Å². The summed E-state index contributed by atoms with van der Waals surface area (Å²) in [5.74, 6) is 3.84. The van der Waals surface area contributed by atoms with Crippen molar-refractivity contribution in [1.29, 1.82) is 0 Å². The van der Waals surface area contributed by atoms with Crippen molar-refractivity contribution in [3.8, 4) is 0 Å². The molecule has 0 amide bonds. The van der Waals surface area contributed by atoms with Crippen LogP contribution in [0.15, 0.2) is 292 Å². The maximum absolute atomic E-state index is 4.37. The SMILES string of the molecule is C1CN=C(C2=NCCCN2)NC1.C1CN=C(C2=NCCCN2)NC1.CC(C)N=Cc1ccccn1.[Fe+2].c1ccc([B-](c2ccccc2)(c2ccccc2)c2ccccc2)cc1.c1ccc([B-](c2ccccc2)(c2ccccc2)c2ccccc2)cc1. The van der Waals surface area contributed by atoms with Crippen molar-refractivity contribution in [3.63, 3.8) is 0 Å². The Labute approximate surface area is 521 Å². The minimum absolute atomic E-state index is 0. The van der Waals surface area contributed by atoms with E-state index < -0.39 is 12.3 Å². The minimum atomic E-state index is -1.22. The fourth-order valence-electron chi connectivity index (χ4n) is 11.7. The summed E-state index contributed by atoms with van der Waals surface area (Å²) in [6, 6.07) is 93.2. The van der Waals surface area contributed by atoms with Gasteiger partial charge in [-0.05, 0) is 51.7 Å². The second-order valence-electron chi connectivity index (χ2n) is 21.7. The molecule has 0 spiro atoms. The van der Waals surface area contributed by atoms with Crippen LogP contribution in [0.5, 0.6) is 0 Å². The van der Waals surface area contributed by atoms with Crippen LogP contribution in [-0.2, 0) is 17.1 Å². The number of rotatable bonds is 12. The molecule has 0 saturated heterocycles. The van der Waals surface area contributed by atoms with Gasteiger partial charge in [-0.3, -0.25) is 29.9 Å². The predicted octanol–water partition coefficient (Wildman–Crippen LogP) is 7.57. The molecular formula is C73H80B2FeN10. The van der Waals surface area contributed by atoms with Crippen LogP contribution < -0.4 is 65.0 Å². The molecule has 0 bridgehead atoms. The summed E-state index contributed by atoms with van der Waals surface area (Å²) in [7, 11) is 0. The van der Waals surface area contributed by atoms with Gasteiger partial charge in [-0.2, -0.15) is 43.7 Å². The predicted molar refractivity (Wildman–Crippen MR) is 367 cm³/mol. The molecule has 4 N–H and O–H groups in total. The fourth-order valence-corrected chi connectivity index (χ4v) is 11.7. The van der Waals surface area contributed by atoms with Gasteiger partial charge in [0.05, 0.1) is 5.69 Å². The Kier molecular flexibility index (Phi) is 25.1. The van der Waals surface area contributed by atoms with E-state index >= 15 is 0 Å². The molecule has 0 radical (unpaired) electrons. The molecule has 1 aromatic heterocycles. The smallest absolute Gasteiger partial charge is 0.367 e. The van der Waals surface area contributed by atoms with Gasteiger partial charge in [0.25, 0.3) is 0 Å². The molecule has 0 fully saturated rings. The number of nitrogens with one attached hydrogen (secondary N) is 4. The molecule has 436 valence electrons. The Balaban J connectivity index is 0.000000146. The molecule has 0 aliphatic carbocycles. The van der Waals surface area contributed by atoms with Crippen LogP contribution >= 0.6 is 0 Å². The average molecular weight is 1170 g/mol. The first-order valence-electron chi connectivity index (χ1n) is 30.4. The number of aliphatic imine (C=N–C) groups is 5. The van der Waals surface area contributed by atoms with Gasteiger partial charge in [0.2, 0.25) is 0 Å². The van der Waals surface area contributed by atoms with E-state index in [4.69, 9.17) is 0 Å². The van der Waals surface area contributed by atoms with Crippen LogP contribution in [-0.4, -0.2) is 105 Å². The third-order valence-corrected chi connectivity index (χ3v) is 15.6. The quantitative estimate of drug-likeness (QED) is 0.0744. The van der Waals surface area contributed by atoms with E-state index in [-0.39, 0.29) is 17.1 Å². The van der Waals surface area contributed by atoms with Gasteiger partial charge in [0.15, 0.2) is 23.3 Å². The molecule has 86 heavy (non-hydrogen) atoms. The molecule has 0 unspecified atom stereocenters. The molecule has 9 aromatic rings. The van der Waals surface area contributed by atoms with Crippen molar-refractivity contribution in [1.82, 2.24) is 26.3 Å². The van der Waals surface area contributed by atoms with E-state index in [0.29, 0.717) is 6.04 Å². The second-order valence-corrected chi connectivity index (χ2v) is 21.7. The van der Waals surface area contributed by atoms with Crippen LogP contribution in [0, 0.1) is 0 Å². The summed E-state index contributed by atoms with van der Waals surface area (Å²) in [6.07, 6.45) is 5.67. The molecule has 8 aromatic carbocycles. The molecule has 0 saturated carbocycles. The summed E-state index contributed by atoms with van der Waals surface area (Å²) >= 11 is 0. The van der Waals surface area contributed by atoms with E-state index in [1.807, 2.05) is 32.0 Å². The van der Waals surface area contributed by atoms with Crippen LogP contribution in [0.25, 0.3) is 0 Å². The molecule has 4 aliphatic rings. The van der Waals surface area contributed by atoms with Crippen molar-refractivity contribution in [2.75, 3.05) is 52.4 Å². The Morgan fingerprint density at radius 1 is 0.326 bits per heavy atom. The Morgan fingerprint density at radius 3 is 0.721 bits per heavy atom. The number of hydrogen-bond acceptors (Lipinski definition) is 10. The summed E-state index contributed by atoms with van der Waals surface area (Å²) in [5.41, 5.74) is 11.6. The van der Waals surface area contributed by atoms with Gasteiger partial charge < -0.3 is 21.3 Å². The zero-order chi connectivity index (χ0) is 58.5. The third-order valence-electron chi connectivity index (χ3n) is 15.6. The zero-order valence-corrected chi connectivity index (χ0v) is 50.8. The second kappa shape index (κ2) is 34.2. The minimum Gasteiger partial charge on any atom is -0.367 e. The van der Waals surface area contributed by atoms with Gasteiger partial charge in [0.1, 0.15) is 12.3 Å². The van der Waals surface area contributed by atoms with E-state index in [2.05, 4.69) is 294 Å². The normalized spacial score (nSPS) is 14.5. The van der Waals surface area contributed by atoms with Crippen molar-refractivity contribution in [2.45, 2.75) is 45.6 Å². The standard InChI is InChI=1S/2C24H20B.C9H12N2.2C8H14N4.Fe/c2*1-5-13-21(14-6-1)25(22-15-7-2-8-16-22,23-17-9-3-10-18-23)24-19-11-4-12-20-24;1-8(2)11-7-9-5-3-4-6-10-9;2*1-3-9-7(10-4-1)8-11-5-2-6-12-8;/h2*1-20H;3-8H,1-2H3;2*1-6H2,(H,9,10)(H,11,12);/q2*-1;;;;+2. The summed E-state index contributed by atoms with van der Waals surface area (Å²) in [6.45, 7) is 11.9. The molecule has 13 heteroatoms. The maximum Gasteiger partial charge on any atom is 2.00 e.